The highest BCUT2D eigenvalue weighted by Gasteiger charge is 2.14. The summed E-state index contributed by atoms with van der Waals surface area (Å²) < 4.78 is 7.18. The van der Waals surface area contributed by atoms with Crippen LogP contribution < -0.4 is 5.32 Å². The number of amides is 1. The number of nitrogens with one attached hydrogen (secondary N) is 1. The predicted molar refractivity (Wildman–Crippen MR) is 68.1 cm³/mol. The lowest BCUT2D eigenvalue weighted by molar-refractivity contribution is -0.121. The molecule has 1 amide bonds. The Kier molecular flexibility index (Phi) is 5.20. The zero-order valence-corrected chi connectivity index (χ0v) is 10.7. The predicted octanol–water partition coefficient (Wildman–Crippen LogP) is 1.35. The highest BCUT2D eigenvalue weighted by atomic mass is 16.5. The van der Waals surface area contributed by atoms with Crippen LogP contribution in [0.3, 0.4) is 0 Å². The first-order valence-corrected chi connectivity index (χ1v) is 6.70. The lowest BCUT2D eigenvalue weighted by Gasteiger charge is -2.09. The monoisotopic (exact) mass is 251 g/mol. The molecule has 18 heavy (non-hydrogen) atoms. The molecular weight excluding hydrogens is 230 g/mol. The lowest BCUT2D eigenvalue weighted by atomic mass is 10.1. The third-order valence-corrected chi connectivity index (χ3v) is 3.16. The molecule has 5 heteroatoms. The van der Waals surface area contributed by atoms with Gasteiger partial charge in [0.1, 0.15) is 6.54 Å². The Labute approximate surface area is 108 Å². The van der Waals surface area contributed by atoms with Crippen LogP contribution in [-0.2, 0) is 16.1 Å². The molecule has 5 nitrogen and oxygen atoms in total. The summed E-state index contributed by atoms with van der Waals surface area (Å²) >= 11 is 0. The van der Waals surface area contributed by atoms with Gasteiger partial charge in [0.25, 0.3) is 0 Å². The van der Waals surface area contributed by atoms with Crippen LogP contribution in [0.5, 0.6) is 0 Å². The van der Waals surface area contributed by atoms with Crippen molar-refractivity contribution >= 4 is 5.91 Å². The van der Waals surface area contributed by atoms with Crippen molar-refractivity contribution in [2.45, 2.75) is 44.8 Å². The Balaban J connectivity index is 1.48. The number of ether oxygens (including phenoxy) is 1. The molecule has 0 aliphatic carbocycles. The van der Waals surface area contributed by atoms with E-state index < -0.39 is 0 Å². The Morgan fingerprint density at radius 1 is 1.50 bits per heavy atom. The first-order valence-electron chi connectivity index (χ1n) is 6.70. The number of rotatable bonds is 7. The number of unbranched alkanes of at least 4 members (excludes halogenated alkanes) is 1. The molecule has 1 aromatic heterocycles. The van der Waals surface area contributed by atoms with E-state index in [1.54, 1.807) is 17.1 Å². The molecule has 0 radical (unpaired) electrons. The zero-order chi connectivity index (χ0) is 12.6. The minimum Gasteiger partial charge on any atom is -0.378 e. The average molecular weight is 251 g/mol. The Hall–Kier alpha value is -1.36. The van der Waals surface area contributed by atoms with E-state index in [4.69, 9.17) is 4.74 Å². The van der Waals surface area contributed by atoms with Gasteiger partial charge < -0.3 is 10.1 Å². The molecule has 100 valence electrons. The smallest absolute Gasteiger partial charge is 0.241 e. The molecule has 2 heterocycles. The Bertz CT molecular complexity index is 345. The first-order chi connectivity index (χ1) is 8.84. The van der Waals surface area contributed by atoms with Gasteiger partial charge >= 0.3 is 0 Å². The zero-order valence-electron chi connectivity index (χ0n) is 10.7. The second kappa shape index (κ2) is 7.16. The number of carbonyl (C=O) groups is 1. The largest absolute Gasteiger partial charge is 0.378 e. The molecule has 0 spiro atoms. The van der Waals surface area contributed by atoms with Gasteiger partial charge in [-0.1, -0.05) is 0 Å². The fraction of sp³-hybridized carbons (Fsp3) is 0.692. The maximum Gasteiger partial charge on any atom is 0.241 e. The van der Waals surface area contributed by atoms with Gasteiger partial charge in [-0.25, -0.2) is 0 Å². The van der Waals surface area contributed by atoms with Gasteiger partial charge in [-0.15, -0.1) is 0 Å². The standard InChI is InChI=1S/C13H21N3O2/c17-13(11-16-9-4-8-15-16)14-7-2-1-5-12-6-3-10-18-12/h4,8-9,12H,1-3,5-7,10-11H2,(H,14,17)/t12-/m0/s1. The molecule has 0 aromatic carbocycles. The van der Waals surface area contributed by atoms with Crippen molar-refractivity contribution in [3.8, 4) is 0 Å². The summed E-state index contributed by atoms with van der Waals surface area (Å²) in [6, 6.07) is 1.81. The van der Waals surface area contributed by atoms with Gasteiger partial charge in [0, 0.05) is 25.5 Å². The third kappa shape index (κ3) is 4.49. The van der Waals surface area contributed by atoms with Gasteiger partial charge in [0.2, 0.25) is 5.91 Å². The van der Waals surface area contributed by atoms with Crippen LogP contribution in [0, 0.1) is 0 Å². The van der Waals surface area contributed by atoms with E-state index >= 15 is 0 Å². The van der Waals surface area contributed by atoms with Crippen LogP contribution in [0.25, 0.3) is 0 Å². The van der Waals surface area contributed by atoms with E-state index in [1.165, 1.54) is 12.8 Å². The molecule has 1 atom stereocenters. The van der Waals surface area contributed by atoms with Gasteiger partial charge in [0.05, 0.1) is 6.10 Å². The minimum atomic E-state index is 0.0239. The SMILES string of the molecule is O=C(Cn1cccn1)NCCCC[C@H]1CCCO1. The molecule has 1 aromatic rings. The topological polar surface area (TPSA) is 56.2 Å². The molecule has 2 rings (SSSR count). The van der Waals surface area contributed by atoms with Crippen molar-refractivity contribution < 1.29 is 9.53 Å². The second-order valence-corrected chi connectivity index (χ2v) is 4.68. The molecule has 1 N–H and O–H groups in total. The van der Waals surface area contributed by atoms with Crippen LogP contribution in [0.15, 0.2) is 18.5 Å². The van der Waals surface area contributed by atoms with Crippen LogP contribution in [0.2, 0.25) is 0 Å². The molecule has 1 aliphatic rings. The van der Waals surface area contributed by atoms with Crippen LogP contribution in [-0.4, -0.2) is 34.9 Å². The summed E-state index contributed by atoms with van der Waals surface area (Å²) in [6.07, 6.45) is 9.58. The van der Waals surface area contributed by atoms with Crippen LogP contribution >= 0.6 is 0 Å². The summed E-state index contributed by atoms with van der Waals surface area (Å²) in [5.74, 6) is 0.0239. The van der Waals surface area contributed by atoms with E-state index in [1.807, 2.05) is 6.07 Å². The summed E-state index contributed by atoms with van der Waals surface area (Å²) in [5, 5.41) is 6.90. The van der Waals surface area contributed by atoms with Gasteiger partial charge in [-0.3, -0.25) is 9.48 Å². The van der Waals surface area contributed by atoms with Crippen LogP contribution in [0.1, 0.15) is 32.1 Å². The number of aromatic nitrogens is 2. The number of carbonyl (C=O) groups excluding carboxylic acids is 1. The molecule has 1 fully saturated rings. The van der Waals surface area contributed by atoms with E-state index in [0.29, 0.717) is 12.6 Å². The van der Waals surface area contributed by atoms with Crippen molar-refractivity contribution in [1.29, 1.82) is 0 Å². The van der Waals surface area contributed by atoms with Crippen molar-refractivity contribution in [2.24, 2.45) is 0 Å². The normalized spacial score (nSPS) is 19.0. The molecule has 0 bridgehead atoms. The molecular formula is C13H21N3O2. The van der Waals surface area contributed by atoms with Crippen molar-refractivity contribution in [1.82, 2.24) is 15.1 Å². The quantitative estimate of drug-likeness (QED) is 0.744. The van der Waals surface area contributed by atoms with E-state index in [2.05, 4.69) is 10.4 Å². The van der Waals surface area contributed by atoms with E-state index in [0.717, 1.165) is 32.4 Å². The maximum absolute atomic E-state index is 11.5. The summed E-state index contributed by atoms with van der Waals surface area (Å²) in [6.45, 7) is 1.97. The van der Waals surface area contributed by atoms with Gasteiger partial charge in [0.15, 0.2) is 0 Å². The number of hydrogen-bond acceptors (Lipinski definition) is 3. The highest BCUT2D eigenvalue weighted by molar-refractivity contribution is 5.75. The van der Waals surface area contributed by atoms with Crippen molar-refractivity contribution in [3.05, 3.63) is 18.5 Å². The van der Waals surface area contributed by atoms with Gasteiger partial charge in [-0.05, 0) is 38.2 Å². The lowest BCUT2D eigenvalue weighted by Crippen LogP contribution is -2.28. The number of nitrogens with zero attached hydrogens (tertiary/aromatic N) is 2. The average Bonchev–Trinajstić information content (AvgIpc) is 3.01. The molecule has 0 unspecified atom stereocenters. The van der Waals surface area contributed by atoms with Crippen LogP contribution in [0.4, 0.5) is 0 Å². The fourth-order valence-corrected chi connectivity index (χ4v) is 2.19. The Morgan fingerprint density at radius 2 is 2.44 bits per heavy atom. The minimum absolute atomic E-state index is 0.0239. The van der Waals surface area contributed by atoms with Crippen molar-refractivity contribution in [2.75, 3.05) is 13.2 Å². The highest BCUT2D eigenvalue weighted by Crippen LogP contribution is 2.17. The Morgan fingerprint density at radius 3 is 3.17 bits per heavy atom. The molecule has 1 saturated heterocycles. The fourth-order valence-electron chi connectivity index (χ4n) is 2.19. The first kappa shape index (κ1) is 13.1. The van der Waals surface area contributed by atoms with Gasteiger partial charge in [-0.2, -0.15) is 5.10 Å². The second-order valence-electron chi connectivity index (χ2n) is 4.68. The summed E-state index contributed by atoms with van der Waals surface area (Å²) in [5.41, 5.74) is 0. The molecule has 0 saturated carbocycles. The third-order valence-electron chi connectivity index (χ3n) is 3.16. The summed E-state index contributed by atoms with van der Waals surface area (Å²) in [7, 11) is 0. The molecule has 1 aliphatic heterocycles. The summed E-state index contributed by atoms with van der Waals surface area (Å²) in [4.78, 5) is 11.5. The number of hydrogen-bond donors (Lipinski definition) is 1. The van der Waals surface area contributed by atoms with E-state index in [9.17, 15) is 4.79 Å². The maximum atomic E-state index is 11.5. The van der Waals surface area contributed by atoms with E-state index in [-0.39, 0.29) is 5.91 Å². The van der Waals surface area contributed by atoms with Crippen molar-refractivity contribution in [3.63, 3.8) is 0 Å².